The van der Waals surface area contributed by atoms with E-state index in [1.807, 2.05) is 11.4 Å². The van der Waals surface area contributed by atoms with Crippen LogP contribution in [0, 0.1) is 21.4 Å². The highest BCUT2D eigenvalue weighted by Crippen LogP contribution is 2.37. The van der Waals surface area contributed by atoms with Crippen molar-refractivity contribution in [3.8, 4) is 11.8 Å². The van der Waals surface area contributed by atoms with Crippen LogP contribution >= 0.6 is 11.3 Å². The number of phenolic OH excluding ortho intramolecular Hbond substituents is 1. The minimum atomic E-state index is -0.735. The van der Waals surface area contributed by atoms with E-state index >= 15 is 0 Å². The molecule has 0 saturated heterocycles. The minimum absolute atomic E-state index is 0.0894. The van der Waals surface area contributed by atoms with Crippen molar-refractivity contribution in [3.05, 3.63) is 55.8 Å². The quantitative estimate of drug-likeness (QED) is 0.659. The van der Waals surface area contributed by atoms with Crippen LogP contribution in [0.5, 0.6) is 5.75 Å². The maximum atomic E-state index is 10.8. The normalized spacial score (nSPS) is 11.8. The summed E-state index contributed by atoms with van der Waals surface area (Å²) < 4.78 is 0. The Kier molecular flexibility index (Phi) is 3.46. The van der Waals surface area contributed by atoms with Crippen LogP contribution in [0.4, 0.5) is 5.69 Å². The molecule has 2 aromatic rings. The Morgan fingerprint density at radius 1 is 1.53 bits per heavy atom. The van der Waals surface area contributed by atoms with Gasteiger partial charge >= 0.3 is 5.69 Å². The number of nitro benzene ring substituents is 1. The summed E-state index contributed by atoms with van der Waals surface area (Å²) >= 11 is 1.37. The molecule has 0 aliphatic carbocycles. The van der Waals surface area contributed by atoms with Crippen LogP contribution in [0.3, 0.4) is 0 Å². The highest BCUT2D eigenvalue weighted by molar-refractivity contribution is 7.10. The molecule has 96 valence electrons. The van der Waals surface area contributed by atoms with Crippen molar-refractivity contribution in [2.45, 2.75) is 6.04 Å². The van der Waals surface area contributed by atoms with Gasteiger partial charge in [-0.25, -0.2) is 0 Å². The van der Waals surface area contributed by atoms with E-state index in [1.165, 1.54) is 17.4 Å². The van der Waals surface area contributed by atoms with Crippen molar-refractivity contribution < 1.29 is 10.0 Å². The Labute approximate surface area is 112 Å². The van der Waals surface area contributed by atoms with E-state index < -0.39 is 22.4 Å². The molecule has 6 nitrogen and oxygen atoms in total. The second kappa shape index (κ2) is 5.06. The van der Waals surface area contributed by atoms with Gasteiger partial charge in [-0.1, -0.05) is 6.07 Å². The molecule has 2 rings (SSSR count). The average molecular weight is 275 g/mol. The predicted octanol–water partition coefficient (Wildman–Crippen LogP) is 2.28. The Morgan fingerprint density at radius 3 is 2.79 bits per heavy atom. The topological polar surface area (TPSA) is 113 Å². The molecule has 0 amide bonds. The highest BCUT2D eigenvalue weighted by atomic mass is 32.1. The molecule has 1 heterocycles. The van der Waals surface area contributed by atoms with Crippen molar-refractivity contribution in [2.24, 2.45) is 5.73 Å². The third-order valence-electron chi connectivity index (χ3n) is 2.63. The number of nitro groups is 1. The highest BCUT2D eigenvalue weighted by Gasteiger charge is 2.23. The second-order valence-electron chi connectivity index (χ2n) is 3.80. The molecular formula is C12H9N3O3S. The number of hydrogen-bond acceptors (Lipinski definition) is 6. The van der Waals surface area contributed by atoms with Gasteiger partial charge < -0.3 is 10.8 Å². The third kappa shape index (κ3) is 2.40. The van der Waals surface area contributed by atoms with E-state index in [-0.39, 0.29) is 11.1 Å². The molecule has 0 unspecified atom stereocenters. The van der Waals surface area contributed by atoms with Crippen molar-refractivity contribution in [2.75, 3.05) is 0 Å². The molecule has 3 N–H and O–H groups in total. The first-order valence-electron chi connectivity index (χ1n) is 5.25. The van der Waals surface area contributed by atoms with Crippen LogP contribution in [-0.4, -0.2) is 10.0 Å². The number of rotatable bonds is 3. The molecular weight excluding hydrogens is 266 g/mol. The molecule has 1 aromatic heterocycles. The van der Waals surface area contributed by atoms with Gasteiger partial charge in [-0.15, -0.1) is 11.3 Å². The van der Waals surface area contributed by atoms with E-state index in [0.29, 0.717) is 0 Å². The van der Waals surface area contributed by atoms with Gasteiger partial charge in [-0.3, -0.25) is 10.1 Å². The maximum Gasteiger partial charge on any atom is 0.312 e. The van der Waals surface area contributed by atoms with E-state index in [4.69, 9.17) is 11.0 Å². The molecule has 0 radical (unpaired) electrons. The first-order valence-corrected chi connectivity index (χ1v) is 6.13. The second-order valence-corrected chi connectivity index (χ2v) is 4.77. The monoisotopic (exact) mass is 275 g/mol. The lowest BCUT2D eigenvalue weighted by Crippen LogP contribution is -2.11. The molecule has 1 atom stereocenters. The lowest BCUT2D eigenvalue weighted by molar-refractivity contribution is -0.386. The van der Waals surface area contributed by atoms with Crippen molar-refractivity contribution in [1.29, 1.82) is 5.26 Å². The van der Waals surface area contributed by atoms with Gasteiger partial charge in [0, 0.05) is 16.5 Å². The van der Waals surface area contributed by atoms with Crippen LogP contribution in [0.2, 0.25) is 0 Å². The van der Waals surface area contributed by atoms with E-state index in [1.54, 1.807) is 12.1 Å². The van der Waals surface area contributed by atoms with Crippen LogP contribution in [-0.2, 0) is 0 Å². The molecule has 1 aromatic carbocycles. The summed E-state index contributed by atoms with van der Waals surface area (Å²) in [5.74, 6) is -0.495. The summed E-state index contributed by atoms with van der Waals surface area (Å²) in [6.45, 7) is 0. The van der Waals surface area contributed by atoms with Gasteiger partial charge in [-0.2, -0.15) is 5.26 Å². The third-order valence-corrected chi connectivity index (χ3v) is 3.59. The molecule has 0 saturated carbocycles. The summed E-state index contributed by atoms with van der Waals surface area (Å²) in [7, 11) is 0. The van der Waals surface area contributed by atoms with Gasteiger partial charge in [0.05, 0.1) is 22.6 Å². The predicted molar refractivity (Wildman–Crippen MR) is 69.8 cm³/mol. The number of aromatic hydroxyl groups is 1. The van der Waals surface area contributed by atoms with Crippen LogP contribution in [0.1, 0.15) is 22.0 Å². The van der Waals surface area contributed by atoms with Gasteiger partial charge in [-0.05, 0) is 17.5 Å². The average Bonchev–Trinajstić information content (AvgIpc) is 2.91. The van der Waals surface area contributed by atoms with E-state index in [2.05, 4.69) is 0 Å². The number of nitrogens with two attached hydrogens (primary N) is 1. The SMILES string of the molecule is N#Cc1cc([C@@H](N)c2cccs2)c(O)c([N+](=O)[O-])c1. The van der Waals surface area contributed by atoms with Crippen molar-refractivity contribution in [1.82, 2.24) is 0 Å². The zero-order valence-electron chi connectivity index (χ0n) is 9.61. The number of nitrogens with zero attached hydrogens (tertiary/aromatic N) is 2. The molecule has 7 heteroatoms. The zero-order valence-corrected chi connectivity index (χ0v) is 10.4. The summed E-state index contributed by atoms with van der Waals surface area (Å²) in [6.07, 6.45) is 0. The zero-order chi connectivity index (χ0) is 14.0. The van der Waals surface area contributed by atoms with E-state index in [0.717, 1.165) is 10.9 Å². The molecule has 0 bridgehead atoms. The van der Waals surface area contributed by atoms with Crippen molar-refractivity contribution in [3.63, 3.8) is 0 Å². The van der Waals surface area contributed by atoms with Gasteiger partial charge in [0.2, 0.25) is 0 Å². The lowest BCUT2D eigenvalue weighted by atomic mass is 10.0. The summed E-state index contributed by atoms with van der Waals surface area (Å²) in [4.78, 5) is 10.9. The largest absolute Gasteiger partial charge is 0.502 e. The number of benzene rings is 1. The molecule has 0 aliphatic rings. The minimum Gasteiger partial charge on any atom is -0.502 e. The molecule has 0 aliphatic heterocycles. The Bertz CT molecular complexity index is 662. The van der Waals surface area contributed by atoms with Crippen molar-refractivity contribution >= 4 is 17.0 Å². The van der Waals surface area contributed by atoms with Crippen LogP contribution in [0.15, 0.2) is 29.6 Å². The standard InChI is InChI=1S/C12H9N3O3S/c13-6-7-4-8(11(14)10-2-1-3-19-10)12(16)9(5-7)15(17)18/h1-5,11,16H,14H2/t11-/m1/s1. The Hall–Kier alpha value is -2.43. The van der Waals surface area contributed by atoms with Crippen LogP contribution in [0.25, 0.3) is 0 Å². The fourth-order valence-electron chi connectivity index (χ4n) is 1.70. The van der Waals surface area contributed by atoms with E-state index in [9.17, 15) is 15.2 Å². The Morgan fingerprint density at radius 2 is 2.26 bits per heavy atom. The molecule has 0 fully saturated rings. The number of phenols is 1. The van der Waals surface area contributed by atoms with Gasteiger partial charge in [0.1, 0.15) is 0 Å². The molecule has 0 spiro atoms. The van der Waals surface area contributed by atoms with Gasteiger partial charge in [0.25, 0.3) is 0 Å². The fraction of sp³-hybridized carbons (Fsp3) is 0.0833. The first kappa shape index (κ1) is 13.0. The summed E-state index contributed by atoms with van der Waals surface area (Å²) in [5.41, 5.74) is 5.72. The molecule has 19 heavy (non-hydrogen) atoms. The Balaban J connectivity index is 2.60. The number of nitriles is 1. The number of hydrogen-bond donors (Lipinski definition) is 2. The maximum absolute atomic E-state index is 10.8. The summed E-state index contributed by atoms with van der Waals surface area (Å²) in [6, 6.07) is 7.07. The van der Waals surface area contributed by atoms with Gasteiger partial charge in [0.15, 0.2) is 5.75 Å². The lowest BCUT2D eigenvalue weighted by Gasteiger charge is -2.12. The number of thiophene rings is 1. The first-order chi connectivity index (χ1) is 9.04. The van der Waals surface area contributed by atoms with Crippen LogP contribution < -0.4 is 5.73 Å². The fourth-order valence-corrected chi connectivity index (χ4v) is 2.45. The smallest absolute Gasteiger partial charge is 0.312 e. The summed E-state index contributed by atoms with van der Waals surface area (Å²) in [5, 5.41) is 31.5.